The zero-order valence-corrected chi connectivity index (χ0v) is 27.8. The van der Waals surface area contributed by atoms with E-state index in [1.807, 2.05) is 65.0 Å². The molecule has 9 heteroatoms. The number of carbonyl (C=O) groups is 1. The predicted octanol–water partition coefficient (Wildman–Crippen LogP) is 7.33. The van der Waals surface area contributed by atoms with E-state index >= 15 is 0 Å². The van der Waals surface area contributed by atoms with Gasteiger partial charge in [0.1, 0.15) is 17.7 Å². The normalized spacial score (nSPS) is 21.6. The van der Waals surface area contributed by atoms with Crippen molar-refractivity contribution in [2.45, 2.75) is 84.7 Å². The molecule has 2 aromatic carbocycles. The Morgan fingerprint density at radius 3 is 2.54 bits per heavy atom. The second-order valence-electron chi connectivity index (χ2n) is 13.8. The summed E-state index contributed by atoms with van der Waals surface area (Å²) in [6, 6.07) is 16.5. The van der Waals surface area contributed by atoms with Gasteiger partial charge in [0, 0.05) is 36.0 Å². The summed E-state index contributed by atoms with van der Waals surface area (Å²) < 4.78 is 20.9. The van der Waals surface area contributed by atoms with Gasteiger partial charge in [-0.3, -0.25) is 0 Å². The fourth-order valence-electron chi connectivity index (χ4n) is 6.34. The number of aryl methyl sites for hydroxylation is 2. The molecule has 6 bridgehead atoms. The van der Waals surface area contributed by atoms with E-state index in [1.165, 1.54) is 0 Å². The van der Waals surface area contributed by atoms with Gasteiger partial charge in [0.15, 0.2) is 11.8 Å². The lowest BCUT2D eigenvalue weighted by Crippen LogP contribution is -2.45. The highest BCUT2D eigenvalue weighted by Gasteiger charge is 2.37. The predicted molar refractivity (Wildman–Crippen MR) is 180 cm³/mol. The fraction of sp³-hybridized carbons (Fsp3) is 0.432. The zero-order chi connectivity index (χ0) is 32.8. The summed E-state index contributed by atoms with van der Waals surface area (Å²) in [7, 11) is 0. The summed E-state index contributed by atoms with van der Waals surface area (Å²) in [6.45, 7) is 15.5. The molecule has 7 rings (SSSR count). The summed E-state index contributed by atoms with van der Waals surface area (Å²) in [5.41, 5.74) is 5.52. The van der Waals surface area contributed by atoms with Crippen LogP contribution in [0.3, 0.4) is 0 Å². The van der Waals surface area contributed by atoms with Crippen molar-refractivity contribution in [1.29, 1.82) is 0 Å². The molecular formula is C37H44N4O5. The Morgan fingerprint density at radius 2 is 1.83 bits per heavy atom. The van der Waals surface area contributed by atoms with Crippen LogP contribution in [-0.4, -0.2) is 62.7 Å². The monoisotopic (exact) mass is 624 g/mol. The van der Waals surface area contributed by atoms with E-state index in [4.69, 9.17) is 24.3 Å². The molecule has 3 aliphatic heterocycles. The van der Waals surface area contributed by atoms with E-state index in [9.17, 15) is 9.90 Å². The average Bonchev–Trinajstić information content (AvgIpc) is 3.41. The Hall–Kier alpha value is -4.21. The molecule has 4 aromatic rings. The van der Waals surface area contributed by atoms with Crippen molar-refractivity contribution in [2.24, 2.45) is 0 Å². The average molecular weight is 625 g/mol. The number of anilines is 1. The van der Waals surface area contributed by atoms with Crippen LogP contribution in [0, 0.1) is 13.8 Å². The minimum Gasteiger partial charge on any atom is -0.486 e. The van der Waals surface area contributed by atoms with Gasteiger partial charge in [-0.05, 0) is 90.6 Å². The molecule has 0 radical (unpaired) electrons. The van der Waals surface area contributed by atoms with Gasteiger partial charge in [0.05, 0.1) is 29.1 Å². The van der Waals surface area contributed by atoms with Crippen LogP contribution < -0.4 is 9.64 Å². The minimum absolute atomic E-state index is 0.148. The Balaban J connectivity index is 1.56. The molecule has 9 nitrogen and oxygen atoms in total. The second kappa shape index (κ2) is 12.2. The van der Waals surface area contributed by atoms with E-state index in [0.717, 1.165) is 46.5 Å². The van der Waals surface area contributed by atoms with Crippen LogP contribution in [0.15, 0.2) is 60.7 Å². The third-order valence-electron chi connectivity index (χ3n) is 8.74. The summed E-state index contributed by atoms with van der Waals surface area (Å²) in [4.78, 5) is 19.9. The number of carboxylic acids is 1. The number of carboxylic acid groups (broad SMARTS) is 1. The molecule has 5 heterocycles. The minimum atomic E-state index is -1.22. The third kappa shape index (κ3) is 6.52. The van der Waals surface area contributed by atoms with Gasteiger partial charge in [-0.2, -0.15) is 9.61 Å². The van der Waals surface area contributed by atoms with E-state index in [0.29, 0.717) is 42.4 Å². The van der Waals surface area contributed by atoms with Crippen molar-refractivity contribution >= 4 is 17.4 Å². The highest BCUT2D eigenvalue weighted by Crippen LogP contribution is 2.39. The molecule has 0 unspecified atom stereocenters. The number of ether oxygens (including phenoxy) is 3. The van der Waals surface area contributed by atoms with Crippen LogP contribution in [0.4, 0.5) is 5.82 Å². The number of piperidine rings is 1. The van der Waals surface area contributed by atoms with Gasteiger partial charge in [-0.25, -0.2) is 9.78 Å². The first-order valence-corrected chi connectivity index (χ1v) is 16.0. The van der Waals surface area contributed by atoms with Gasteiger partial charge in [0.25, 0.3) is 0 Å². The van der Waals surface area contributed by atoms with Crippen LogP contribution in [0.25, 0.3) is 28.0 Å². The smallest absolute Gasteiger partial charge is 0.337 e. The number of hydrogen-bond donors (Lipinski definition) is 1. The van der Waals surface area contributed by atoms with E-state index in [2.05, 4.69) is 49.1 Å². The molecule has 1 N–H and O–H groups in total. The van der Waals surface area contributed by atoms with E-state index in [-0.39, 0.29) is 11.7 Å². The number of nitrogens with zero attached hydrogens (tertiary/aromatic N) is 4. The first-order valence-electron chi connectivity index (χ1n) is 16.0. The molecule has 0 spiro atoms. The standard InChI is InChI=1S/C37H44N4O5/c1-23-13-14-28-26-11-8-12-27(21-26)29-22-31-38-25(3)32(33(35(42)43)46-36(4,5)6)34(41(31)39-29)40-17-15-37(7,16-18-40)44-19-9-10-24(2)45-30(28)20-23/h8-14,20-22,24,33H,15-19H2,1-7H3,(H,42,43)/b10-9-/t24-,33-/m0/s1. The van der Waals surface area contributed by atoms with Gasteiger partial charge in [-0.1, -0.05) is 36.4 Å². The van der Waals surface area contributed by atoms with Gasteiger partial charge < -0.3 is 24.2 Å². The number of rotatable bonds is 3. The zero-order valence-electron chi connectivity index (χ0n) is 27.8. The molecule has 2 atom stereocenters. The van der Waals surface area contributed by atoms with Crippen LogP contribution in [0.1, 0.15) is 70.4 Å². The summed E-state index contributed by atoms with van der Waals surface area (Å²) >= 11 is 0. The van der Waals surface area contributed by atoms with Gasteiger partial charge >= 0.3 is 5.97 Å². The maximum absolute atomic E-state index is 12.8. The molecule has 3 aliphatic rings. The highest BCUT2D eigenvalue weighted by molar-refractivity contribution is 5.80. The molecule has 242 valence electrons. The van der Waals surface area contributed by atoms with Crippen molar-refractivity contribution in [2.75, 3.05) is 24.6 Å². The molecule has 1 saturated heterocycles. The maximum atomic E-state index is 12.8. The number of benzene rings is 2. The van der Waals surface area contributed by atoms with Crippen molar-refractivity contribution in [3.8, 4) is 28.1 Å². The number of hydrogen-bond acceptors (Lipinski definition) is 7. The largest absolute Gasteiger partial charge is 0.486 e. The molecule has 2 aromatic heterocycles. The van der Waals surface area contributed by atoms with E-state index < -0.39 is 17.7 Å². The molecule has 1 fully saturated rings. The number of aromatic nitrogens is 3. The Kier molecular flexibility index (Phi) is 8.42. The molecule has 46 heavy (non-hydrogen) atoms. The Morgan fingerprint density at radius 1 is 1.09 bits per heavy atom. The second-order valence-corrected chi connectivity index (χ2v) is 13.8. The topological polar surface area (TPSA) is 98.4 Å². The van der Waals surface area contributed by atoms with Crippen molar-refractivity contribution < 1.29 is 24.1 Å². The Bertz CT molecular complexity index is 1800. The van der Waals surface area contributed by atoms with Crippen molar-refractivity contribution in [3.05, 3.63) is 77.5 Å². The quantitative estimate of drug-likeness (QED) is 0.237. The van der Waals surface area contributed by atoms with Crippen LogP contribution in [-0.2, 0) is 14.3 Å². The van der Waals surface area contributed by atoms with Crippen LogP contribution in [0.2, 0.25) is 0 Å². The SMILES string of the molecule is Cc1ccc2c(c1)O[C@@H](C)/C=C\COC1(C)CCN(CC1)c1c([C@H](OC(C)(C)C)C(=O)O)c(C)nc3cc(nn13)-c1cccc-2c1. The highest BCUT2D eigenvalue weighted by atomic mass is 16.5. The first-order chi connectivity index (χ1) is 21.8. The lowest BCUT2D eigenvalue weighted by Gasteiger charge is -2.41. The maximum Gasteiger partial charge on any atom is 0.337 e. The van der Waals surface area contributed by atoms with Crippen molar-refractivity contribution in [1.82, 2.24) is 14.6 Å². The van der Waals surface area contributed by atoms with Crippen molar-refractivity contribution in [3.63, 3.8) is 0 Å². The Labute approximate surface area is 270 Å². The lowest BCUT2D eigenvalue weighted by molar-refractivity contribution is -0.160. The van der Waals surface area contributed by atoms with Gasteiger partial charge in [-0.15, -0.1) is 0 Å². The lowest BCUT2D eigenvalue weighted by atomic mass is 9.92. The number of aliphatic carboxylic acids is 1. The van der Waals surface area contributed by atoms with E-state index in [1.54, 1.807) is 4.52 Å². The fourth-order valence-corrected chi connectivity index (χ4v) is 6.34. The first kappa shape index (κ1) is 31.8. The van der Waals surface area contributed by atoms with Gasteiger partial charge in [0.2, 0.25) is 0 Å². The molecular weight excluding hydrogens is 580 g/mol. The van der Waals surface area contributed by atoms with Crippen LogP contribution >= 0.6 is 0 Å². The molecule has 0 aliphatic carbocycles. The summed E-state index contributed by atoms with van der Waals surface area (Å²) in [6.07, 6.45) is 4.23. The third-order valence-corrected chi connectivity index (χ3v) is 8.74. The summed E-state index contributed by atoms with van der Waals surface area (Å²) in [5, 5.41) is 15.6. The number of fused-ring (bicyclic) bond motifs is 6. The summed E-state index contributed by atoms with van der Waals surface area (Å²) in [5.74, 6) is 0.446. The molecule has 0 amide bonds. The van der Waals surface area contributed by atoms with Crippen LogP contribution in [0.5, 0.6) is 5.75 Å². The molecule has 0 saturated carbocycles.